The van der Waals surface area contributed by atoms with Gasteiger partial charge in [-0.15, -0.1) is 0 Å². The van der Waals surface area contributed by atoms with E-state index in [1.165, 1.54) is 12.1 Å². The van der Waals surface area contributed by atoms with Crippen LogP contribution in [-0.2, 0) is 0 Å². The highest BCUT2D eigenvalue weighted by atomic mass is 19.1. The van der Waals surface area contributed by atoms with Crippen molar-refractivity contribution in [1.82, 2.24) is 5.32 Å². The van der Waals surface area contributed by atoms with Crippen molar-refractivity contribution in [1.29, 1.82) is 0 Å². The zero-order valence-electron chi connectivity index (χ0n) is 11.5. The first-order valence-corrected chi connectivity index (χ1v) is 6.39. The van der Waals surface area contributed by atoms with Crippen molar-refractivity contribution in [3.63, 3.8) is 0 Å². The molecule has 0 spiro atoms. The van der Waals surface area contributed by atoms with Crippen molar-refractivity contribution < 1.29 is 9.18 Å². The minimum absolute atomic E-state index is 0.199. The first kappa shape index (κ1) is 14.1. The average Bonchev–Trinajstić information content (AvgIpc) is 2.37. The lowest BCUT2D eigenvalue weighted by Gasteiger charge is -2.15. The number of nitrogen functional groups attached to an aromatic ring is 1. The number of benzene rings is 2. The Morgan fingerprint density at radius 3 is 2.65 bits per heavy atom. The number of nitrogens with one attached hydrogen (secondary N) is 1. The van der Waals surface area contributed by atoms with E-state index in [0.717, 1.165) is 5.56 Å². The molecule has 0 aromatic heterocycles. The molecule has 0 aliphatic rings. The summed E-state index contributed by atoms with van der Waals surface area (Å²) < 4.78 is 13.3. The molecular formula is C16H17FN2O. The van der Waals surface area contributed by atoms with Gasteiger partial charge in [-0.1, -0.05) is 12.1 Å². The number of nitrogens with two attached hydrogens (primary N) is 1. The smallest absolute Gasteiger partial charge is 0.251 e. The second-order valence-corrected chi connectivity index (χ2v) is 4.88. The van der Waals surface area contributed by atoms with Crippen LogP contribution in [0.4, 0.5) is 10.1 Å². The Kier molecular flexibility index (Phi) is 4.03. The van der Waals surface area contributed by atoms with Crippen LogP contribution in [0.15, 0.2) is 42.5 Å². The van der Waals surface area contributed by atoms with Gasteiger partial charge < -0.3 is 11.1 Å². The number of rotatable bonds is 3. The molecule has 2 aromatic rings. The molecule has 0 radical (unpaired) electrons. The molecule has 1 amide bonds. The van der Waals surface area contributed by atoms with Gasteiger partial charge in [0.15, 0.2) is 0 Å². The Hall–Kier alpha value is -2.36. The second kappa shape index (κ2) is 5.74. The van der Waals surface area contributed by atoms with Crippen LogP contribution >= 0.6 is 0 Å². The number of carbonyl (C=O) groups excluding carboxylic acids is 1. The van der Waals surface area contributed by atoms with Crippen LogP contribution in [0.25, 0.3) is 0 Å². The maximum absolute atomic E-state index is 13.3. The van der Waals surface area contributed by atoms with Crippen molar-refractivity contribution in [2.24, 2.45) is 0 Å². The van der Waals surface area contributed by atoms with Crippen LogP contribution in [-0.4, -0.2) is 5.91 Å². The fraction of sp³-hybridized carbons (Fsp3) is 0.188. The van der Waals surface area contributed by atoms with Gasteiger partial charge in [0.05, 0.1) is 6.04 Å². The lowest BCUT2D eigenvalue weighted by molar-refractivity contribution is 0.0939. The maximum atomic E-state index is 13.3. The Balaban J connectivity index is 2.15. The van der Waals surface area contributed by atoms with Gasteiger partial charge in [-0.25, -0.2) is 4.39 Å². The number of carbonyl (C=O) groups is 1. The number of anilines is 1. The van der Waals surface area contributed by atoms with E-state index in [1.807, 2.05) is 25.1 Å². The molecule has 3 nitrogen and oxygen atoms in total. The van der Waals surface area contributed by atoms with Crippen LogP contribution in [0.2, 0.25) is 0 Å². The number of halogens is 1. The van der Waals surface area contributed by atoms with Gasteiger partial charge in [0.25, 0.3) is 5.91 Å². The summed E-state index contributed by atoms with van der Waals surface area (Å²) in [5.74, 6) is -0.714. The highest BCUT2D eigenvalue weighted by molar-refractivity contribution is 5.94. The first-order valence-electron chi connectivity index (χ1n) is 6.39. The topological polar surface area (TPSA) is 55.1 Å². The van der Waals surface area contributed by atoms with E-state index in [0.29, 0.717) is 16.8 Å². The van der Waals surface area contributed by atoms with E-state index in [4.69, 9.17) is 5.73 Å². The summed E-state index contributed by atoms with van der Waals surface area (Å²) in [6.45, 7) is 3.61. The molecule has 0 fully saturated rings. The molecule has 4 heteroatoms. The van der Waals surface area contributed by atoms with E-state index in [-0.39, 0.29) is 11.9 Å². The molecule has 0 saturated heterocycles. The van der Waals surface area contributed by atoms with Gasteiger partial charge in [-0.2, -0.15) is 0 Å². The van der Waals surface area contributed by atoms with E-state index in [2.05, 4.69) is 5.32 Å². The molecule has 0 aliphatic carbocycles. The third-order valence-corrected chi connectivity index (χ3v) is 3.06. The number of aryl methyl sites for hydroxylation is 1. The Labute approximate surface area is 117 Å². The second-order valence-electron chi connectivity index (χ2n) is 4.88. The van der Waals surface area contributed by atoms with Gasteiger partial charge in [-0.05, 0) is 55.3 Å². The van der Waals surface area contributed by atoms with Gasteiger partial charge in [0, 0.05) is 11.3 Å². The summed E-state index contributed by atoms with van der Waals surface area (Å²) in [7, 11) is 0. The molecule has 2 rings (SSSR count). The molecule has 20 heavy (non-hydrogen) atoms. The molecule has 0 heterocycles. The Morgan fingerprint density at radius 1 is 1.25 bits per heavy atom. The van der Waals surface area contributed by atoms with Crippen molar-refractivity contribution in [3.05, 3.63) is 65.0 Å². The molecule has 1 unspecified atom stereocenters. The normalized spacial score (nSPS) is 11.9. The van der Waals surface area contributed by atoms with Gasteiger partial charge in [-0.3, -0.25) is 4.79 Å². The van der Waals surface area contributed by atoms with Crippen molar-refractivity contribution in [3.8, 4) is 0 Å². The molecule has 0 aliphatic heterocycles. The quantitative estimate of drug-likeness (QED) is 0.843. The van der Waals surface area contributed by atoms with Crippen LogP contribution in [0, 0.1) is 12.7 Å². The lowest BCUT2D eigenvalue weighted by Crippen LogP contribution is -2.26. The Morgan fingerprint density at radius 2 is 2.00 bits per heavy atom. The third kappa shape index (κ3) is 3.35. The zero-order chi connectivity index (χ0) is 14.7. The molecule has 2 aromatic carbocycles. The molecule has 104 valence electrons. The van der Waals surface area contributed by atoms with Crippen LogP contribution in [0.5, 0.6) is 0 Å². The highest BCUT2D eigenvalue weighted by Gasteiger charge is 2.12. The van der Waals surface area contributed by atoms with E-state index >= 15 is 0 Å². The van der Waals surface area contributed by atoms with Gasteiger partial charge in [0.1, 0.15) is 5.82 Å². The fourth-order valence-electron chi connectivity index (χ4n) is 2.06. The average molecular weight is 272 g/mol. The summed E-state index contributed by atoms with van der Waals surface area (Å²) in [5.41, 5.74) is 8.30. The highest BCUT2D eigenvalue weighted by Crippen LogP contribution is 2.16. The standard InChI is InChI=1S/C16H17FN2O/c1-10-6-13(8-14(17)7-10)16(20)19-11(2)12-4-3-5-15(18)9-12/h3-9,11H,18H2,1-2H3,(H,19,20). The fourth-order valence-corrected chi connectivity index (χ4v) is 2.06. The maximum Gasteiger partial charge on any atom is 0.251 e. The molecule has 0 saturated carbocycles. The third-order valence-electron chi connectivity index (χ3n) is 3.06. The minimum atomic E-state index is -0.410. The number of amides is 1. The summed E-state index contributed by atoms with van der Waals surface area (Å²) in [6, 6.07) is 11.4. The predicted octanol–water partition coefficient (Wildman–Crippen LogP) is 3.21. The van der Waals surface area contributed by atoms with Gasteiger partial charge >= 0.3 is 0 Å². The molecule has 1 atom stereocenters. The van der Waals surface area contributed by atoms with Crippen LogP contribution < -0.4 is 11.1 Å². The summed E-state index contributed by atoms with van der Waals surface area (Å²) >= 11 is 0. The molecule has 0 bridgehead atoms. The predicted molar refractivity (Wildman–Crippen MR) is 77.9 cm³/mol. The lowest BCUT2D eigenvalue weighted by atomic mass is 10.1. The van der Waals surface area contributed by atoms with Gasteiger partial charge in [0.2, 0.25) is 0 Å². The van der Waals surface area contributed by atoms with Crippen molar-refractivity contribution in [2.75, 3.05) is 5.73 Å². The van der Waals surface area contributed by atoms with E-state index < -0.39 is 5.82 Å². The number of hydrogen-bond donors (Lipinski definition) is 2. The summed E-state index contributed by atoms with van der Waals surface area (Å²) in [5, 5.41) is 2.83. The largest absolute Gasteiger partial charge is 0.399 e. The van der Waals surface area contributed by atoms with Crippen molar-refractivity contribution >= 4 is 11.6 Å². The van der Waals surface area contributed by atoms with Crippen LogP contribution in [0.3, 0.4) is 0 Å². The molecular weight excluding hydrogens is 255 g/mol. The molecule has 3 N–H and O–H groups in total. The Bertz CT molecular complexity index is 620. The first-order chi connectivity index (χ1) is 9.45. The summed E-state index contributed by atoms with van der Waals surface area (Å²) in [4.78, 5) is 12.1. The summed E-state index contributed by atoms with van der Waals surface area (Å²) in [6.07, 6.45) is 0. The zero-order valence-corrected chi connectivity index (χ0v) is 11.5. The number of hydrogen-bond acceptors (Lipinski definition) is 2. The SMILES string of the molecule is Cc1cc(F)cc(C(=O)NC(C)c2cccc(N)c2)c1. The van der Waals surface area contributed by atoms with E-state index in [9.17, 15) is 9.18 Å². The van der Waals surface area contributed by atoms with E-state index in [1.54, 1.807) is 19.1 Å². The van der Waals surface area contributed by atoms with Crippen molar-refractivity contribution in [2.45, 2.75) is 19.9 Å². The van der Waals surface area contributed by atoms with Crippen LogP contribution in [0.1, 0.15) is 34.5 Å². The minimum Gasteiger partial charge on any atom is -0.399 e. The monoisotopic (exact) mass is 272 g/mol.